The third-order valence-electron chi connectivity index (χ3n) is 7.98. The fourth-order valence-electron chi connectivity index (χ4n) is 5.28. The molecule has 0 saturated carbocycles. The smallest absolute Gasteiger partial charge is 0.143 e. The second-order valence-corrected chi connectivity index (χ2v) is 10.4. The normalized spacial score (nSPS) is 17.3. The summed E-state index contributed by atoms with van der Waals surface area (Å²) >= 11 is 0. The first-order valence-electron chi connectivity index (χ1n) is 12.9. The molecule has 2 aromatic heterocycles. The van der Waals surface area contributed by atoms with Crippen molar-refractivity contribution in [1.82, 2.24) is 20.1 Å². The summed E-state index contributed by atoms with van der Waals surface area (Å²) in [4.78, 5) is 9.28. The summed E-state index contributed by atoms with van der Waals surface area (Å²) in [5, 5.41) is 8.54. The number of nitrogens with one attached hydrogen (secondary N) is 1. The number of aromatic nitrogens is 3. The monoisotopic (exact) mass is 501 g/mol. The number of fused-ring (bicyclic) bond motifs is 6. The van der Waals surface area contributed by atoms with Crippen LogP contribution < -0.4 is 14.4 Å². The van der Waals surface area contributed by atoms with Gasteiger partial charge in [0.15, 0.2) is 0 Å². The highest BCUT2D eigenvalue weighted by atomic mass is 19.1. The zero-order chi connectivity index (χ0) is 25.6. The number of nitrogens with zero attached hydrogens (tertiary/aromatic N) is 4. The maximum Gasteiger partial charge on any atom is 0.143 e. The Morgan fingerprint density at radius 1 is 1.03 bits per heavy atom. The summed E-state index contributed by atoms with van der Waals surface area (Å²) < 4.78 is 27.3. The van der Waals surface area contributed by atoms with Crippen LogP contribution in [-0.4, -0.2) is 66.0 Å². The molecule has 4 heterocycles. The van der Waals surface area contributed by atoms with Gasteiger partial charge in [-0.25, -0.2) is 4.39 Å². The number of halogens is 1. The summed E-state index contributed by atoms with van der Waals surface area (Å²) in [7, 11) is 4.33. The van der Waals surface area contributed by atoms with E-state index in [0.29, 0.717) is 36.6 Å². The first-order valence-corrected chi connectivity index (χ1v) is 12.9. The van der Waals surface area contributed by atoms with E-state index in [1.54, 1.807) is 18.3 Å². The standard InChI is InChI=1S/C29H32FN5O2/c1-29(34(2)3)10-12-35(13-11-29)24-9-8-19-16-26(24)37-15-5-14-36-25-7-4-6-21(30)27(25)22-17-20-23(18-31-22)32-33-28(19)20/h4,6-9,16-18H,5,10-15H2,1-3H3,(H,32,33). The third-order valence-corrected chi connectivity index (χ3v) is 7.98. The lowest BCUT2D eigenvalue weighted by Gasteiger charge is -2.44. The van der Waals surface area contributed by atoms with E-state index < -0.39 is 0 Å². The molecule has 7 nitrogen and oxygen atoms in total. The van der Waals surface area contributed by atoms with Crippen LogP contribution in [0, 0.1) is 5.82 Å². The minimum absolute atomic E-state index is 0.206. The molecule has 1 saturated heterocycles. The fraction of sp³-hybridized carbons (Fsp3) is 0.379. The maximum absolute atomic E-state index is 14.9. The summed E-state index contributed by atoms with van der Waals surface area (Å²) in [6.07, 6.45) is 4.54. The lowest BCUT2D eigenvalue weighted by atomic mass is 9.88. The van der Waals surface area contributed by atoms with Crippen LogP contribution in [0.2, 0.25) is 0 Å². The number of hydrogen-bond donors (Lipinski definition) is 1. The molecule has 4 bridgehead atoms. The van der Waals surface area contributed by atoms with Gasteiger partial charge < -0.3 is 19.3 Å². The van der Waals surface area contributed by atoms with Gasteiger partial charge in [0.2, 0.25) is 0 Å². The van der Waals surface area contributed by atoms with Gasteiger partial charge in [-0.1, -0.05) is 12.1 Å². The Balaban J connectivity index is 1.42. The zero-order valence-corrected chi connectivity index (χ0v) is 21.6. The minimum atomic E-state index is -0.365. The van der Waals surface area contributed by atoms with Crippen molar-refractivity contribution in [3.63, 3.8) is 0 Å². The predicted molar refractivity (Wildman–Crippen MR) is 144 cm³/mol. The van der Waals surface area contributed by atoms with Crippen molar-refractivity contribution in [2.24, 2.45) is 0 Å². The van der Waals surface area contributed by atoms with Crippen molar-refractivity contribution in [2.75, 3.05) is 45.3 Å². The molecule has 8 heteroatoms. The second-order valence-electron chi connectivity index (χ2n) is 10.4. The van der Waals surface area contributed by atoms with Crippen LogP contribution in [0.25, 0.3) is 33.4 Å². The topological polar surface area (TPSA) is 66.5 Å². The molecule has 192 valence electrons. The average molecular weight is 502 g/mol. The first kappa shape index (κ1) is 23.7. The molecule has 0 atom stereocenters. The molecule has 0 amide bonds. The molecule has 2 aliphatic rings. The molecule has 1 fully saturated rings. The molecule has 0 aliphatic carbocycles. The summed E-state index contributed by atoms with van der Waals surface area (Å²) in [5.74, 6) is 0.960. The Morgan fingerprint density at radius 2 is 1.81 bits per heavy atom. The predicted octanol–water partition coefficient (Wildman–Crippen LogP) is 5.51. The highest BCUT2D eigenvalue weighted by molar-refractivity contribution is 5.95. The Labute approximate surface area is 216 Å². The van der Waals surface area contributed by atoms with Crippen LogP contribution in [0.1, 0.15) is 26.2 Å². The molecular formula is C29H32FN5O2. The van der Waals surface area contributed by atoms with E-state index in [9.17, 15) is 4.39 Å². The number of piperidine rings is 1. The van der Waals surface area contributed by atoms with Crippen molar-refractivity contribution in [3.05, 3.63) is 54.5 Å². The number of pyridine rings is 1. The number of H-pyrrole nitrogens is 1. The van der Waals surface area contributed by atoms with Gasteiger partial charge in [0.25, 0.3) is 0 Å². The lowest BCUT2D eigenvalue weighted by molar-refractivity contribution is 0.137. The number of benzene rings is 2. The second kappa shape index (κ2) is 9.34. The van der Waals surface area contributed by atoms with Gasteiger partial charge in [-0.05, 0) is 64.2 Å². The highest BCUT2D eigenvalue weighted by Crippen LogP contribution is 2.40. The largest absolute Gasteiger partial charge is 0.493 e. The van der Waals surface area contributed by atoms with Gasteiger partial charge in [0.05, 0.1) is 41.9 Å². The summed E-state index contributed by atoms with van der Waals surface area (Å²) in [6.45, 7) is 5.18. The molecule has 2 aromatic carbocycles. The minimum Gasteiger partial charge on any atom is -0.493 e. The van der Waals surface area contributed by atoms with E-state index in [4.69, 9.17) is 9.47 Å². The molecule has 4 aromatic rings. The Morgan fingerprint density at radius 3 is 2.59 bits per heavy atom. The van der Waals surface area contributed by atoms with E-state index in [-0.39, 0.29) is 11.4 Å². The zero-order valence-electron chi connectivity index (χ0n) is 21.6. The van der Waals surface area contributed by atoms with Crippen LogP contribution >= 0.6 is 0 Å². The number of rotatable bonds is 2. The van der Waals surface area contributed by atoms with E-state index in [0.717, 1.165) is 59.5 Å². The SMILES string of the molecule is CN(C)C1(C)CCN(c2ccc3cc2OCCCOc2cccc(F)c2-c2cc4c-3n[nH]c4cn2)CC1. The van der Waals surface area contributed by atoms with Crippen molar-refractivity contribution in [2.45, 2.75) is 31.7 Å². The molecule has 2 aliphatic heterocycles. The van der Waals surface area contributed by atoms with Crippen molar-refractivity contribution < 1.29 is 13.9 Å². The van der Waals surface area contributed by atoms with E-state index in [1.807, 2.05) is 6.07 Å². The van der Waals surface area contributed by atoms with E-state index in [2.05, 4.69) is 64.2 Å². The fourth-order valence-corrected chi connectivity index (χ4v) is 5.28. The van der Waals surface area contributed by atoms with Gasteiger partial charge in [-0.3, -0.25) is 10.1 Å². The molecule has 0 unspecified atom stereocenters. The van der Waals surface area contributed by atoms with Gasteiger partial charge in [0.1, 0.15) is 23.0 Å². The molecule has 1 N–H and O–H groups in total. The van der Waals surface area contributed by atoms with Gasteiger partial charge >= 0.3 is 0 Å². The quantitative estimate of drug-likeness (QED) is 0.391. The molecule has 0 radical (unpaired) electrons. The first-order chi connectivity index (χ1) is 17.9. The van der Waals surface area contributed by atoms with Gasteiger partial charge in [-0.15, -0.1) is 0 Å². The van der Waals surface area contributed by atoms with Crippen LogP contribution in [-0.2, 0) is 0 Å². The number of anilines is 1. The lowest BCUT2D eigenvalue weighted by Crippen LogP contribution is -2.50. The summed E-state index contributed by atoms with van der Waals surface area (Å²) in [6, 6.07) is 13.1. The number of ether oxygens (including phenoxy) is 2. The molecule has 37 heavy (non-hydrogen) atoms. The molecular weight excluding hydrogens is 469 g/mol. The molecule has 0 spiro atoms. The Hall–Kier alpha value is -3.65. The highest BCUT2D eigenvalue weighted by Gasteiger charge is 2.33. The van der Waals surface area contributed by atoms with Crippen molar-refractivity contribution in [1.29, 1.82) is 0 Å². The van der Waals surface area contributed by atoms with Crippen LogP contribution in [0.4, 0.5) is 10.1 Å². The van der Waals surface area contributed by atoms with Crippen LogP contribution in [0.3, 0.4) is 0 Å². The number of hydrogen-bond acceptors (Lipinski definition) is 6. The summed E-state index contributed by atoms with van der Waals surface area (Å²) in [5.41, 5.74) is 4.70. The van der Waals surface area contributed by atoms with E-state index in [1.165, 1.54) is 6.07 Å². The Kier molecular flexibility index (Phi) is 5.99. The van der Waals surface area contributed by atoms with Gasteiger partial charge in [-0.2, -0.15) is 5.10 Å². The van der Waals surface area contributed by atoms with Crippen molar-refractivity contribution >= 4 is 16.6 Å². The molecule has 6 rings (SSSR count). The number of aromatic amines is 1. The maximum atomic E-state index is 14.9. The van der Waals surface area contributed by atoms with E-state index >= 15 is 0 Å². The van der Waals surface area contributed by atoms with Crippen LogP contribution in [0.5, 0.6) is 11.5 Å². The van der Waals surface area contributed by atoms with Crippen LogP contribution in [0.15, 0.2) is 48.7 Å². The average Bonchev–Trinajstić information content (AvgIpc) is 3.32. The van der Waals surface area contributed by atoms with Gasteiger partial charge in [0, 0.05) is 36.0 Å². The Bertz CT molecular complexity index is 1440. The van der Waals surface area contributed by atoms with Crippen molar-refractivity contribution in [3.8, 4) is 34.0 Å². The third kappa shape index (κ3) is 4.29.